The highest BCUT2D eigenvalue weighted by molar-refractivity contribution is 6.28. The van der Waals surface area contributed by atoms with E-state index in [0.717, 1.165) is 71.6 Å². The summed E-state index contributed by atoms with van der Waals surface area (Å²) in [5, 5.41) is 5.51. The van der Waals surface area contributed by atoms with Crippen LogP contribution in [0.15, 0.2) is 150 Å². The van der Waals surface area contributed by atoms with Gasteiger partial charge >= 0.3 is 0 Å². The average molecular weight is 577 g/mol. The van der Waals surface area contributed by atoms with Crippen LogP contribution in [0.25, 0.3) is 89.0 Å². The molecule has 0 bridgehead atoms. The van der Waals surface area contributed by atoms with Crippen molar-refractivity contribution < 1.29 is 4.42 Å². The van der Waals surface area contributed by atoms with E-state index < -0.39 is 0 Å². The lowest BCUT2D eigenvalue weighted by molar-refractivity contribution is 0.669. The maximum absolute atomic E-state index is 6.28. The minimum absolute atomic E-state index is 0.609. The van der Waals surface area contributed by atoms with Gasteiger partial charge in [0.25, 0.3) is 0 Å². The van der Waals surface area contributed by atoms with Crippen molar-refractivity contribution >= 4 is 43.6 Å². The van der Waals surface area contributed by atoms with Crippen molar-refractivity contribution in [3.05, 3.63) is 146 Å². The van der Waals surface area contributed by atoms with Gasteiger partial charge in [0.1, 0.15) is 11.2 Å². The lowest BCUT2D eigenvalue weighted by Crippen LogP contribution is -2.00. The molecule has 45 heavy (non-hydrogen) atoms. The second-order valence-corrected chi connectivity index (χ2v) is 11.1. The highest BCUT2D eigenvalue weighted by Gasteiger charge is 2.18. The third-order valence-corrected chi connectivity index (χ3v) is 8.30. The first-order valence-electron chi connectivity index (χ1n) is 14.9. The lowest BCUT2D eigenvalue weighted by atomic mass is 9.95. The maximum Gasteiger partial charge on any atom is 0.164 e. The molecule has 3 aromatic heterocycles. The molecule has 0 aliphatic heterocycles. The largest absolute Gasteiger partial charge is 0.456 e. The number of pyridine rings is 1. The minimum Gasteiger partial charge on any atom is -0.456 e. The Morgan fingerprint density at radius 2 is 0.933 bits per heavy atom. The van der Waals surface area contributed by atoms with Gasteiger partial charge in [-0.3, -0.25) is 0 Å². The number of benzene rings is 6. The van der Waals surface area contributed by atoms with Gasteiger partial charge in [-0.15, -0.1) is 0 Å². The van der Waals surface area contributed by atoms with Crippen molar-refractivity contribution in [1.82, 2.24) is 19.9 Å². The summed E-state index contributed by atoms with van der Waals surface area (Å²) in [7, 11) is 0. The predicted molar refractivity (Wildman–Crippen MR) is 182 cm³/mol. The van der Waals surface area contributed by atoms with Gasteiger partial charge in [0.15, 0.2) is 17.5 Å². The van der Waals surface area contributed by atoms with Gasteiger partial charge in [0, 0.05) is 49.2 Å². The van der Waals surface area contributed by atoms with E-state index in [-0.39, 0.29) is 0 Å². The highest BCUT2D eigenvalue weighted by Crippen LogP contribution is 2.41. The van der Waals surface area contributed by atoms with Crippen LogP contribution in [-0.2, 0) is 0 Å². The summed E-state index contributed by atoms with van der Waals surface area (Å²) in [6.45, 7) is 0. The molecule has 9 rings (SSSR count). The Morgan fingerprint density at radius 3 is 1.67 bits per heavy atom. The van der Waals surface area contributed by atoms with E-state index in [2.05, 4.69) is 54.6 Å². The molecule has 3 heterocycles. The van der Waals surface area contributed by atoms with Crippen LogP contribution in [0.4, 0.5) is 0 Å². The Balaban J connectivity index is 1.28. The first-order valence-corrected chi connectivity index (χ1v) is 14.9. The summed E-state index contributed by atoms with van der Waals surface area (Å²) in [4.78, 5) is 20.0. The molecule has 5 nitrogen and oxygen atoms in total. The van der Waals surface area contributed by atoms with E-state index in [1.54, 1.807) is 0 Å². The Bertz CT molecular complexity index is 2480. The second kappa shape index (κ2) is 10.2. The molecule has 0 radical (unpaired) electrons. The molecule has 0 fully saturated rings. The summed E-state index contributed by atoms with van der Waals surface area (Å²) >= 11 is 0. The van der Waals surface area contributed by atoms with Crippen molar-refractivity contribution in [2.24, 2.45) is 0 Å². The molecule has 0 atom stereocenters. The number of fused-ring (bicyclic) bond motifs is 7. The van der Waals surface area contributed by atoms with Crippen molar-refractivity contribution in [2.45, 2.75) is 0 Å². The van der Waals surface area contributed by atoms with Crippen molar-refractivity contribution in [3.8, 4) is 45.4 Å². The van der Waals surface area contributed by atoms with E-state index in [0.29, 0.717) is 17.5 Å². The van der Waals surface area contributed by atoms with Crippen molar-refractivity contribution in [3.63, 3.8) is 0 Å². The van der Waals surface area contributed by atoms with Gasteiger partial charge in [-0.25, -0.2) is 19.9 Å². The summed E-state index contributed by atoms with van der Waals surface area (Å²) < 4.78 is 6.28. The van der Waals surface area contributed by atoms with E-state index in [1.807, 2.05) is 91.0 Å². The van der Waals surface area contributed by atoms with Gasteiger partial charge in [-0.1, -0.05) is 115 Å². The standard InChI is InChI=1S/C40H24N4O/c1-3-12-25(13-4-1)38-42-39(26-14-5-2-6-15-26)44-40(43-38)28-17-11-16-27(24-28)37-31-22-23-34-36(30-19-8-10-21-33(30)45-34)35(31)29-18-7-9-20-32(29)41-37/h1-24H. The van der Waals surface area contributed by atoms with Crippen molar-refractivity contribution in [1.29, 1.82) is 0 Å². The van der Waals surface area contributed by atoms with Crippen LogP contribution in [0.3, 0.4) is 0 Å². The number of rotatable bonds is 4. The number of hydrogen-bond donors (Lipinski definition) is 0. The fraction of sp³-hybridized carbons (Fsp3) is 0. The molecule has 0 saturated carbocycles. The Kier molecular flexibility index (Phi) is 5.74. The molecule has 0 aliphatic rings. The molecule has 9 aromatic rings. The van der Waals surface area contributed by atoms with Gasteiger partial charge in [-0.2, -0.15) is 0 Å². The van der Waals surface area contributed by atoms with Gasteiger partial charge in [0.2, 0.25) is 0 Å². The molecule has 0 saturated heterocycles. The van der Waals surface area contributed by atoms with E-state index in [1.165, 1.54) is 0 Å². The second-order valence-electron chi connectivity index (χ2n) is 11.1. The van der Waals surface area contributed by atoms with Crippen LogP contribution in [-0.4, -0.2) is 19.9 Å². The highest BCUT2D eigenvalue weighted by atomic mass is 16.3. The molecule has 0 spiro atoms. The van der Waals surface area contributed by atoms with Crippen molar-refractivity contribution in [2.75, 3.05) is 0 Å². The summed E-state index contributed by atoms with van der Waals surface area (Å²) in [6.07, 6.45) is 0. The normalized spacial score (nSPS) is 11.6. The zero-order chi connectivity index (χ0) is 29.7. The molecular weight excluding hydrogens is 552 g/mol. The number of para-hydroxylation sites is 2. The Morgan fingerprint density at radius 1 is 0.356 bits per heavy atom. The van der Waals surface area contributed by atoms with E-state index in [9.17, 15) is 0 Å². The minimum atomic E-state index is 0.609. The first kappa shape index (κ1) is 25.3. The first-order chi connectivity index (χ1) is 22.3. The fourth-order valence-corrected chi connectivity index (χ4v) is 6.22. The topological polar surface area (TPSA) is 64.7 Å². The van der Waals surface area contributed by atoms with Crippen LogP contribution in [0.2, 0.25) is 0 Å². The summed E-state index contributed by atoms with van der Waals surface area (Å²) in [5.41, 5.74) is 7.33. The molecule has 0 amide bonds. The predicted octanol–water partition coefficient (Wildman–Crippen LogP) is 10.1. The fourth-order valence-electron chi connectivity index (χ4n) is 6.22. The van der Waals surface area contributed by atoms with Crippen LogP contribution < -0.4 is 0 Å². The number of nitrogens with zero attached hydrogens (tertiary/aromatic N) is 4. The SMILES string of the molecule is c1ccc(-c2nc(-c3ccccc3)nc(-c3cccc(-c4nc5ccccc5c5c4ccc4oc6ccccc6c45)c3)n2)cc1. The summed E-state index contributed by atoms with van der Waals surface area (Å²) in [5.74, 6) is 1.87. The smallest absolute Gasteiger partial charge is 0.164 e. The van der Waals surface area contributed by atoms with Gasteiger partial charge in [-0.05, 0) is 30.3 Å². The van der Waals surface area contributed by atoms with Crippen LogP contribution >= 0.6 is 0 Å². The third-order valence-electron chi connectivity index (χ3n) is 8.30. The quantitative estimate of drug-likeness (QED) is 0.195. The number of aromatic nitrogens is 4. The lowest BCUT2D eigenvalue weighted by Gasteiger charge is -2.12. The van der Waals surface area contributed by atoms with E-state index >= 15 is 0 Å². The molecule has 0 N–H and O–H groups in total. The van der Waals surface area contributed by atoms with Gasteiger partial charge in [0.05, 0.1) is 11.2 Å². The zero-order valence-electron chi connectivity index (χ0n) is 24.1. The summed E-state index contributed by atoms with van der Waals surface area (Å²) in [6, 6.07) is 49.2. The molecule has 210 valence electrons. The molecule has 0 unspecified atom stereocenters. The third kappa shape index (κ3) is 4.25. The molecule has 5 heteroatoms. The average Bonchev–Trinajstić information content (AvgIpc) is 3.51. The van der Waals surface area contributed by atoms with Crippen LogP contribution in [0.1, 0.15) is 0 Å². The Hall–Kier alpha value is -6.20. The zero-order valence-corrected chi connectivity index (χ0v) is 24.1. The number of hydrogen-bond acceptors (Lipinski definition) is 5. The number of furan rings is 1. The molecular formula is C40H24N4O. The molecule has 6 aromatic carbocycles. The van der Waals surface area contributed by atoms with Gasteiger partial charge < -0.3 is 4.42 Å². The molecule has 0 aliphatic carbocycles. The van der Waals surface area contributed by atoms with Crippen LogP contribution in [0.5, 0.6) is 0 Å². The van der Waals surface area contributed by atoms with E-state index in [4.69, 9.17) is 24.4 Å². The van der Waals surface area contributed by atoms with Crippen LogP contribution in [0, 0.1) is 0 Å². The maximum atomic E-state index is 6.28. The monoisotopic (exact) mass is 576 g/mol. The Labute approximate surface area is 258 Å².